The standard InChI is InChI=1S/C16H15N3O4/c1-22-13-5-12-10(4-11(13)14-6-17-8-23-14)15(20)19(16(21)18-12)7-9-2-3-9/h4-6,8-9H,2-3,7H2,1H3,(H,18,21). The van der Waals surface area contributed by atoms with Crippen molar-refractivity contribution in [3.8, 4) is 17.1 Å². The number of hydrogen-bond donors (Lipinski definition) is 1. The number of hydrogen-bond acceptors (Lipinski definition) is 5. The van der Waals surface area contributed by atoms with Gasteiger partial charge in [-0.15, -0.1) is 0 Å². The van der Waals surface area contributed by atoms with Crippen molar-refractivity contribution in [3.05, 3.63) is 45.6 Å². The molecule has 1 aliphatic rings. The topological polar surface area (TPSA) is 90.1 Å². The van der Waals surface area contributed by atoms with E-state index in [-0.39, 0.29) is 11.2 Å². The molecule has 2 heterocycles. The normalized spacial score (nSPS) is 14.3. The lowest BCUT2D eigenvalue weighted by Gasteiger charge is -2.10. The summed E-state index contributed by atoms with van der Waals surface area (Å²) >= 11 is 0. The van der Waals surface area contributed by atoms with Crippen LogP contribution in [0.15, 0.2) is 38.7 Å². The summed E-state index contributed by atoms with van der Waals surface area (Å²) in [5.74, 6) is 1.44. The van der Waals surface area contributed by atoms with Gasteiger partial charge in [-0.1, -0.05) is 0 Å². The molecule has 0 spiro atoms. The van der Waals surface area contributed by atoms with E-state index in [1.165, 1.54) is 18.1 Å². The zero-order valence-corrected chi connectivity index (χ0v) is 12.5. The Hall–Kier alpha value is -2.83. The summed E-state index contributed by atoms with van der Waals surface area (Å²) in [6.45, 7) is 0.466. The molecule has 0 unspecified atom stereocenters. The minimum absolute atomic E-state index is 0.293. The molecular formula is C16H15N3O4. The van der Waals surface area contributed by atoms with Gasteiger partial charge in [0.25, 0.3) is 5.56 Å². The van der Waals surface area contributed by atoms with Crippen molar-refractivity contribution in [2.45, 2.75) is 19.4 Å². The fourth-order valence-corrected chi connectivity index (χ4v) is 2.72. The number of oxazole rings is 1. The van der Waals surface area contributed by atoms with Gasteiger partial charge in [-0.3, -0.25) is 9.36 Å². The van der Waals surface area contributed by atoms with Crippen molar-refractivity contribution in [2.75, 3.05) is 7.11 Å². The van der Waals surface area contributed by atoms with Crippen molar-refractivity contribution in [3.63, 3.8) is 0 Å². The molecule has 4 rings (SSSR count). The first kappa shape index (κ1) is 13.8. The average Bonchev–Trinajstić information content (AvgIpc) is 3.21. The Labute approximate surface area is 130 Å². The van der Waals surface area contributed by atoms with Gasteiger partial charge in [0.2, 0.25) is 0 Å². The van der Waals surface area contributed by atoms with E-state index in [1.807, 2.05) is 0 Å². The fourth-order valence-electron chi connectivity index (χ4n) is 2.72. The first-order valence-electron chi connectivity index (χ1n) is 7.41. The Morgan fingerprint density at radius 2 is 2.22 bits per heavy atom. The van der Waals surface area contributed by atoms with Crippen LogP contribution in [0.25, 0.3) is 22.2 Å². The van der Waals surface area contributed by atoms with Crippen LogP contribution < -0.4 is 16.0 Å². The van der Waals surface area contributed by atoms with E-state index in [4.69, 9.17) is 9.15 Å². The van der Waals surface area contributed by atoms with Crippen LogP contribution in [0.4, 0.5) is 0 Å². The Morgan fingerprint density at radius 1 is 1.39 bits per heavy atom. The second kappa shape index (κ2) is 5.12. The summed E-state index contributed by atoms with van der Waals surface area (Å²) in [7, 11) is 1.52. The SMILES string of the molecule is COc1cc2[nH]c(=O)n(CC3CC3)c(=O)c2cc1-c1cnco1. The Balaban J connectivity index is 1.98. The lowest BCUT2D eigenvalue weighted by atomic mass is 10.1. The highest BCUT2D eigenvalue weighted by Crippen LogP contribution is 2.32. The fraction of sp³-hybridized carbons (Fsp3) is 0.312. The van der Waals surface area contributed by atoms with Crippen LogP contribution in [0.2, 0.25) is 0 Å². The smallest absolute Gasteiger partial charge is 0.328 e. The monoisotopic (exact) mass is 313 g/mol. The number of fused-ring (bicyclic) bond motifs is 1. The van der Waals surface area contributed by atoms with E-state index in [2.05, 4.69) is 9.97 Å². The maximum Gasteiger partial charge on any atom is 0.328 e. The number of benzene rings is 1. The predicted octanol–water partition coefficient (Wildman–Crippen LogP) is 1.76. The molecule has 1 aliphatic carbocycles. The summed E-state index contributed by atoms with van der Waals surface area (Å²) in [4.78, 5) is 31.5. The maximum atomic E-state index is 12.7. The number of H-pyrrole nitrogens is 1. The van der Waals surface area contributed by atoms with Crippen LogP contribution in [0.3, 0.4) is 0 Å². The molecule has 1 N–H and O–H groups in total. The number of methoxy groups -OCH3 is 1. The summed E-state index contributed by atoms with van der Waals surface area (Å²) < 4.78 is 11.9. The van der Waals surface area contributed by atoms with E-state index in [1.54, 1.807) is 18.3 Å². The molecule has 3 aromatic rings. The van der Waals surface area contributed by atoms with Gasteiger partial charge < -0.3 is 14.1 Å². The second-order valence-electron chi connectivity index (χ2n) is 5.75. The van der Waals surface area contributed by atoms with E-state index in [0.717, 1.165) is 12.8 Å². The van der Waals surface area contributed by atoms with Gasteiger partial charge in [-0.05, 0) is 24.8 Å². The second-order valence-corrected chi connectivity index (χ2v) is 5.75. The van der Waals surface area contributed by atoms with Gasteiger partial charge in [-0.2, -0.15) is 0 Å². The summed E-state index contributed by atoms with van der Waals surface area (Å²) in [5.41, 5.74) is 0.398. The minimum Gasteiger partial charge on any atom is -0.496 e. The highest BCUT2D eigenvalue weighted by atomic mass is 16.5. The largest absolute Gasteiger partial charge is 0.496 e. The highest BCUT2D eigenvalue weighted by Gasteiger charge is 2.24. The van der Waals surface area contributed by atoms with Crippen molar-refractivity contribution in [2.24, 2.45) is 5.92 Å². The molecule has 7 nitrogen and oxygen atoms in total. The first-order valence-corrected chi connectivity index (χ1v) is 7.41. The summed E-state index contributed by atoms with van der Waals surface area (Å²) in [6, 6.07) is 3.31. The minimum atomic E-state index is -0.385. The molecule has 0 saturated heterocycles. The first-order chi connectivity index (χ1) is 11.2. The molecule has 7 heteroatoms. The number of aromatic amines is 1. The van der Waals surface area contributed by atoms with Crippen molar-refractivity contribution < 1.29 is 9.15 Å². The molecule has 118 valence electrons. The Morgan fingerprint density at radius 3 is 2.87 bits per heavy atom. The lowest BCUT2D eigenvalue weighted by Crippen LogP contribution is -2.35. The molecule has 23 heavy (non-hydrogen) atoms. The number of ether oxygens (including phenoxy) is 1. The highest BCUT2D eigenvalue weighted by molar-refractivity contribution is 5.86. The Kier molecular flexibility index (Phi) is 3.07. The molecule has 0 radical (unpaired) electrons. The molecule has 0 bridgehead atoms. The molecule has 0 atom stereocenters. The third kappa shape index (κ3) is 2.34. The zero-order valence-electron chi connectivity index (χ0n) is 12.5. The van der Waals surface area contributed by atoms with Crippen LogP contribution in [0, 0.1) is 5.92 Å². The Bertz CT molecular complexity index is 981. The third-order valence-corrected chi connectivity index (χ3v) is 4.14. The predicted molar refractivity (Wildman–Crippen MR) is 83.6 cm³/mol. The van der Waals surface area contributed by atoms with E-state index in [0.29, 0.717) is 40.4 Å². The number of nitrogens with one attached hydrogen (secondary N) is 1. The van der Waals surface area contributed by atoms with Gasteiger partial charge in [-0.25, -0.2) is 9.78 Å². The van der Waals surface area contributed by atoms with Gasteiger partial charge in [0, 0.05) is 12.6 Å². The molecule has 1 fully saturated rings. The van der Waals surface area contributed by atoms with Crippen LogP contribution in [0.1, 0.15) is 12.8 Å². The van der Waals surface area contributed by atoms with E-state index in [9.17, 15) is 9.59 Å². The summed E-state index contributed by atoms with van der Waals surface area (Å²) in [6.07, 6.45) is 5.00. The quantitative estimate of drug-likeness (QED) is 0.792. The third-order valence-electron chi connectivity index (χ3n) is 4.14. The number of rotatable bonds is 4. The van der Waals surface area contributed by atoms with E-state index < -0.39 is 0 Å². The average molecular weight is 313 g/mol. The van der Waals surface area contributed by atoms with Crippen molar-refractivity contribution in [1.82, 2.24) is 14.5 Å². The van der Waals surface area contributed by atoms with Crippen LogP contribution in [0.5, 0.6) is 5.75 Å². The van der Waals surface area contributed by atoms with Gasteiger partial charge in [0.15, 0.2) is 12.2 Å². The maximum absolute atomic E-state index is 12.7. The summed E-state index contributed by atoms with van der Waals surface area (Å²) in [5, 5.41) is 0.428. The number of aromatic nitrogens is 3. The van der Waals surface area contributed by atoms with Crippen LogP contribution in [-0.2, 0) is 6.54 Å². The molecule has 2 aromatic heterocycles. The zero-order chi connectivity index (χ0) is 16.0. The molecule has 1 aromatic carbocycles. The number of nitrogens with zero attached hydrogens (tertiary/aromatic N) is 2. The molecular weight excluding hydrogens is 298 g/mol. The molecule has 0 aliphatic heterocycles. The van der Waals surface area contributed by atoms with Crippen LogP contribution >= 0.6 is 0 Å². The molecule has 0 amide bonds. The lowest BCUT2D eigenvalue weighted by molar-refractivity contribution is 0.415. The molecule has 1 saturated carbocycles. The van der Waals surface area contributed by atoms with Crippen LogP contribution in [-0.4, -0.2) is 21.6 Å². The van der Waals surface area contributed by atoms with Gasteiger partial charge in [0.1, 0.15) is 5.75 Å². The van der Waals surface area contributed by atoms with Crippen molar-refractivity contribution >= 4 is 10.9 Å². The van der Waals surface area contributed by atoms with Crippen molar-refractivity contribution in [1.29, 1.82) is 0 Å². The van der Waals surface area contributed by atoms with Gasteiger partial charge in [0.05, 0.1) is 29.8 Å². The van der Waals surface area contributed by atoms with Gasteiger partial charge >= 0.3 is 5.69 Å². The van der Waals surface area contributed by atoms with E-state index >= 15 is 0 Å².